The van der Waals surface area contributed by atoms with Crippen molar-refractivity contribution in [3.05, 3.63) is 180 Å². The Bertz CT molecular complexity index is 1910. The minimum absolute atomic E-state index is 0.231. The van der Waals surface area contributed by atoms with Crippen LogP contribution in [-0.2, 0) is 15.6 Å². The van der Waals surface area contributed by atoms with Gasteiger partial charge in [-0.1, -0.05) is 137 Å². The molecule has 6 aromatic rings. The van der Waals surface area contributed by atoms with Gasteiger partial charge in [0.2, 0.25) is 0 Å². The fraction of sp³-hybridized carbons (Fsp3) is 0.280. The summed E-state index contributed by atoms with van der Waals surface area (Å²) in [6.07, 6.45) is 0.765. The highest BCUT2D eigenvalue weighted by molar-refractivity contribution is 5.48. The van der Waals surface area contributed by atoms with Crippen molar-refractivity contribution >= 4 is 0 Å². The van der Waals surface area contributed by atoms with Gasteiger partial charge in [-0.2, -0.15) is 0 Å². The maximum atomic E-state index is 7.55. The molecular weight excluding hydrogens is 681 g/mol. The van der Waals surface area contributed by atoms with Gasteiger partial charge in [-0.3, -0.25) is 0 Å². The van der Waals surface area contributed by atoms with Crippen LogP contribution in [0.15, 0.2) is 158 Å². The maximum absolute atomic E-state index is 7.55. The average molecular weight is 735 g/mol. The third kappa shape index (κ3) is 10.4. The van der Waals surface area contributed by atoms with Crippen LogP contribution in [0.3, 0.4) is 0 Å². The van der Waals surface area contributed by atoms with E-state index < -0.39 is 0 Å². The molecule has 2 unspecified atom stereocenters. The number of para-hydroxylation sites is 2. The Balaban J connectivity index is 1.46. The Morgan fingerprint density at radius 2 is 0.764 bits per heavy atom. The second kappa shape index (κ2) is 18.2. The van der Waals surface area contributed by atoms with Crippen molar-refractivity contribution < 1.29 is 23.7 Å². The first kappa shape index (κ1) is 39.2. The van der Waals surface area contributed by atoms with Crippen LogP contribution in [-0.4, -0.2) is 13.2 Å². The van der Waals surface area contributed by atoms with E-state index in [1.807, 2.05) is 86.6 Å². The molecule has 6 rings (SSSR count). The summed E-state index contributed by atoms with van der Waals surface area (Å²) in [5.41, 5.74) is 4.04. The highest BCUT2D eigenvalue weighted by Crippen LogP contribution is 2.46. The Hall–Kier alpha value is -5.52. The first-order valence-electron chi connectivity index (χ1n) is 19.4. The monoisotopic (exact) mass is 734 g/mol. The molecule has 5 heteroatoms. The van der Waals surface area contributed by atoms with Gasteiger partial charge in [-0.05, 0) is 108 Å². The van der Waals surface area contributed by atoms with Crippen LogP contribution in [0.1, 0.15) is 88.8 Å². The van der Waals surface area contributed by atoms with Crippen LogP contribution in [0.4, 0.5) is 0 Å². The summed E-state index contributed by atoms with van der Waals surface area (Å²) in [7, 11) is 0. The summed E-state index contributed by atoms with van der Waals surface area (Å²) < 4.78 is 32.7. The largest absolute Gasteiger partial charge is 0.490 e. The molecule has 284 valence electrons. The lowest BCUT2D eigenvalue weighted by Gasteiger charge is -2.36. The van der Waals surface area contributed by atoms with E-state index in [1.165, 1.54) is 11.1 Å². The van der Waals surface area contributed by atoms with Crippen molar-refractivity contribution in [1.29, 1.82) is 0 Å². The average Bonchev–Trinajstić information content (AvgIpc) is 3.20. The van der Waals surface area contributed by atoms with Gasteiger partial charge >= 0.3 is 0 Å². The Kier molecular flexibility index (Phi) is 13.0. The molecule has 0 amide bonds. The predicted molar refractivity (Wildman–Crippen MR) is 223 cm³/mol. The van der Waals surface area contributed by atoms with Gasteiger partial charge in [0.1, 0.15) is 11.5 Å². The molecule has 0 fully saturated rings. The predicted octanol–water partition coefficient (Wildman–Crippen LogP) is 13.6. The van der Waals surface area contributed by atoms with E-state index in [2.05, 4.69) is 113 Å². The Morgan fingerprint density at radius 3 is 1.11 bits per heavy atom. The molecule has 0 bridgehead atoms. The molecule has 0 radical (unpaired) electrons. The van der Waals surface area contributed by atoms with E-state index in [0.29, 0.717) is 49.1 Å². The van der Waals surface area contributed by atoms with E-state index in [1.54, 1.807) is 0 Å². The summed E-state index contributed by atoms with van der Waals surface area (Å²) in [6, 6.07) is 53.5. The number of rotatable bonds is 18. The van der Waals surface area contributed by atoms with Gasteiger partial charge in [-0.25, -0.2) is 0 Å². The second-order valence-electron chi connectivity index (χ2n) is 15.1. The first-order chi connectivity index (χ1) is 26.6. The lowest BCUT2D eigenvalue weighted by atomic mass is 9.77. The lowest BCUT2D eigenvalue weighted by molar-refractivity contribution is -0.0413. The molecule has 6 aromatic carbocycles. The van der Waals surface area contributed by atoms with Gasteiger partial charge in [0, 0.05) is 0 Å². The van der Waals surface area contributed by atoms with Crippen molar-refractivity contribution in [2.75, 3.05) is 13.2 Å². The van der Waals surface area contributed by atoms with Gasteiger partial charge in [0.05, 0.1) is 25.4 Å². The van der Waals surface area contributed by atoms with Crippen molar-refractivity contribution in [3.8, 4) is 34.5 Å². The minimum atomic E-state index is -0.328. The summed E-state index contributed by atoms with van der Waals surface area (Å²) >= 11 is 0. The minimum Gasteiger partial charge on any atom is -0.490 e. The van der Waals surface area contributed by atoms with Gasteiger partial charge in [0.25, 0.3) is 0 Å². The van der Waals surface area contributed by atoms with Crippen molar-refractivity contribution in [3.63, 3.8) is 0 Å². The fourth-order valence-corrected chi connectivity index (χ4v) is 7.02. The summed E-state index contributed by atoms with van der Waals surface area (Å²) in [6.45, 7) is 14.2. The van der Waals surface area contributed by atoms with Crippen LogP contribution in [0, 0.1) is 0 Å². The van der Waals surface area contributed by atoms with Crippen LogP contribution in [0.2, 0.25) is 0 Å². The molecule has 55 heavy (non-hydrogen) atoms. The molecule has 5 nitrogen and oxygen atoms in total. The van der Waals surface area contributed by atoms with Crippen LogP contribution in [0.25, 0.3) is 0 Å². The quantitative estimate of drug-likeness (QED) is 0.0880. The lowest BCUT2D eigenvalue weighted by Crippen LogP contribution is -2.26. The molecule has 0 heterocycles. The summed E-state index contributed by atoms with van der Waals surface area (Å²) in [5.74, 6) is 4.16. The highest BCUT2D eigenvalue weighted by Gasteiger charge is 2.34. The van der Waals surface area contributed by atoms with Gasteiger partial charge in [-0.15, -0.1) is 0 Å². The van der Waals surface area contributed by atoms with Crippen molar-refractivity contribution in [2.24, 2.45) is 0 Å². The van der Waals surface area contributed by atoms with E-state index in [-0.39, 0.29) is 23.0 Å². The zero-order valence-electron chi connectivity index (χ0n) is 33.0. The molecule has 0 saturated heterocycles. The molecule has 0 N–H and O–H groups in total. The Morgan fingerprint density at radius 1 is 0.418 bits per heavy atom. The molecule has 2 atom stereocenters. The van der Waals surface area contributed by atoms with E-state index in [0.717, 1.165) is 22.6 Å². The Labute approximate surface area is 327 Å². The van der Waals surface area contributed by atoms with Crippen LogP contribution < -0.4 is 18.9 Å². The summed E-state index contributed by atoms with van der Waals surface area (Å²) in [4.78, 5) is 0. The summed E-state index contributed by atoms with van der Waals surface area (Å²) in [5, 5.41) is 0. The maximum Gasteiger partial charge on any atom is 0.169 e. The zero-order chi connectivity index (χ0) is 38.7. The van der Waals surface area contributed by atoms with Crippen LogP contribution in [0.5, 0.6) is 34.5 Å². The van der Waals surface area contributed by atoms with Gasteiger partial charge < -0.3 is 23.7 Å². The molecule has 0 saturated carbocycles. The van der Waals surface area contributed by atoms with E-state index in [9.17, 15) is 0 Å². The number of ether oxygens (including phenoxy) is 5. The van der Waals surface area contributed by atoms with Crippen molar-refractivity contribution in [2.45, 2.75) is 77.4 Å². The van der Waals surface area contributed by atoms with E-state index >= 15 is 0 Å². The van der Waals surface area contributed by atoms with E-state index in [4.69, 9.17) is 23.7 Å². The molecular formula is C50H54O5. The topological polar surface area (TPSA) is 46.2 Å². The molecule has 0 aromatic heterocycles. The zero-order valence-corrected chi connectivity index (χ0v) is 33.0. The number of hydrogen-bond donors (Lipinski definition) is 0. The van der Waals surface area contributed by atoms with Crippen molar-refractivity contribution in [1.82, 2.24) is 0 Å². The van der Waals surface area contributed by atoms with Crippen LogP contribution >= 0.6 is 0 Å². The first-order valence-corrected chi connectivity index (χ1v) is 19.4. The fourth-order valence-electron chi connectivity index (χ4n) is 7.02. The third-order valence-corrected chi connectivity index (χ3v) is 10.1. The smallest absolute Gasteiger partial charge is 0.169 e. The molecule has 0 spiro atoms. The molecule has 0 aliphatic rings. The molecule has 0 aliphatic heterocycles. The SMILES string of the molecule is CCOc1ccc(C(CC(C)(C)c2ccccc2)OC(CC(C)(C)c2ccccc2)c2ccc(OCC)c(Oc3ccccc3)c2)cc1Oc1ccccc1. The standard InChI is InChI=1S/C50H54O5/c1-7-51-43-31-29-37(33-45(43)53-41-25-17-11-18-26-41)47(35-49(3,4)39-21-13-9-14-22-39)55-48(36-50(5,6)40-23-15-10-16-24-40)38-30-32-44(52-8-2)46(34-38)54-42-27-19-12-20-28-42/h9-34,47-48H,7-8,35-36H2,1-6H3. The third-order valence-electron chi connectivity index (χ3n) is 10.1. The number of benzene rings is 6. The molecule has 0 aliphatic carbocycles. The number of hydrogen-bond acceptors (Lipinski definition) is 5. The van der Waals surface area contributed by atoms with Gasteiger partial charge in [0.15, 0.2) is 23.0 Å². The second-order valence-corrected chi connectivity index (χ2v) is 15.1. The normalized spacial score (nSPS) is 12.8. The highest BCUT2D eigenvalue weighted by atomic mass is 16.5.